The van der Waals surface area contributed by atoms with Gasteiger partial charge in [0.25, 0.3) is 5.91 Å². The summed E-state index contributed by atoms with van der Waals surface area (Å²) >= 11 is 0. The minimum atomic E-state index is -0.997. The molecular formula is C29H27NO6. The predicted octanol–water partition coefficient (Wildman–Crippen LogP) is 4.12. The molecule has 3 aromatic rings. The summed E-state index contributed by atoms with van der Waals surface area (Å²) in [7, 11) is 0. The Balaban J connectivity index is 1.51. The van der Waals surface area contributed by atoms with Crippen molar-refractivity contribution in [2.45, 2.75) is 31.2 Å². The van der Waals surface area contributed by atoms with Crippen molar-refractivity contribution in [3.05, 3.63) is 88.5 Å². The lowest BCUT2D eigenvalue weighted by Crippen LogP contribution is -2.45. The number of aliphatic carboxylic acids is 1. The summed E-state index contributed by atoms with van der Waals surface area (Å²) in [5, 5.41) is 20.0. The van der Waals surface area contributed by atoms with Crippen molar-refractivity contribution in [3.63, 3.8) is 0 Å². The Hall–Kier alpha value is -3.84. The number of nitrogens with zero attached hydrogens (tertiary/aromatic N) is 1. The van der Waals surface area contributed by atoms with Crippen LogP contribution in [0.15, 0.2) is 60.7 Å². The summed E-state index contributed by atoms with van der Waals surface area (Å²) < 4.78 is 11.5. The van der Waals surface area contributed by atoms with Crippen LogP contribution < -0.4 is 14.4 Å². The fraction of sp³-hybridized carbons (Fsp3) is 0.310. The molecule has 2 aliphatic heterocycles. The molecule has 0 saturated heterocycles. The number of hydrogen-bond acceptors (Lipinski definition) is 5. The number of aliphatic hydroxyl groups is 1. The van der Waals surface area contributed by atoms with Gasteiger partial charge in [-0.3, -0.25) is 14.5 Å². The molecule has 1 aliphatic carbocycles. The van der Waals surface area contributed by atoms with E-state index < -0.39 is 17.9 Å². The van der Waals surface area contributed by atoms with E-state index in [0.717, 1.165) is 24.8 Å². The van der Waals surface area contributed by atoms with E-state index in [1.807, 2.05) is 24.3 Å². The lowest BCUT2D eigenvalue weighted by Gasteiger charge is -2.41. The molecule has 1 amide bonds. The van der Waals surface area contributed by atoms with Crippen LogP contribution in [-0.2, 0) is 17.6 Å². The van der Waals surface area contributed by atoms with Gasteiger partial charge in [0.05, 0.1) is 6.04 Å². The third kappa shape index (κ3) is 3.71. The van der Waals surface area contributed by atoms with Crippen LogP contribution in [0.1, 0.15) is 51.0 Å². The van der Waals surface area contributed by atoms with Crippen molar-refractivity contribution in [2.75, 3.05) is 24.7 Å². The van der Waals surface area contributed by atoms with Gasteiger partial charge in [-0.2, -0.15) is 0 Å². The van der Waals surface area contributed by atoms with E-state index in [-0.39, 0.29) is 18.4 Å². The maximum atomic E-state index is 14.0. The fourth-order valence-corrected chi connectivity index (χ4v) is 5.79. The molecule has 0 saturated carbocycles. The zero-order valence-electron chi connectivity index (χ0n) is 19.7. The Labute approximate surface area is 208 Å². The third-order valence-corrected chi connectivity index (χ3v) is 7.57. The highest BCUT2D eigenvalue weighted by Crippen LogP contribution is 2.47. The van der Waals surface area contributed by atoms with Gasteiger partial charge in [0, 0.05) is 17.9 Å². The van der Waals surface area contributed by atoms with Crippen molar-refractivity contribution in [1.29, 1.82) is 0 Å². The molecule has 1 unspecified atom stereocenters. The van der Waals surface area contributed by atoms with E-state index in [4.69, 9.17) is 9.47 Å². The highest BCUT2D eigenvalue weighted by Gasteiger charge is 2.45. The molecule has 0 radical (unpaired) electrons. The highest BCUT2D eigenvalue weighted by atomic mass is 16.6. The SMILES string of the molecule is O=C(O)[C@H]1c2ccccc2C(=O)N(c2ccc3c(c2)CCC(CO)C3)[C@@H]1c1ccc2c(c1)OCCO2. The number of hydrogen-bond donors (Lipinski definition) is 2. The molecule has 0 spiro atoms. The van der Waals surface area contributed by atoms with Gasteiger partial charge < -0.3 is 19.7 Å². The number of carbonyl (C=O) groups excluding carboxylic acids is 1. The van der Waals surface area contributed by atoms with Crippen LogP contribution in [0.3, 0.4) is 0 Å². The minimum Gasteiger partial charge on any atom is -0.486 e. The monoisotopic (exact) mass is 485 g/mol. The molecule has 3 aliphatic rings. The van der Waals surface area contributed by atoms with Gasteiger partial charge in [0.1, 0.15) is 19.1 Å². The van der Waals surface area contributed by atoms with E-state index >= 15 is 0 Å². The number of carboxylic acid groups (broad SMARTS) is 1. The Morgan fingerprint density at radius 2 is 1.78 bits per heavy atom. The van der Waals surface area contributed by atoms with Crippen LogP contribution in [0.2, 0.25) is 0 Å². The topological polar surface area (TPSA) is 96.3 Å². The normalized spacial score (nSPS) is 22.5. The van der Waals surface area contributed by atoms with E-state index in [1.165, 1.54) is 5.56 Å². The molecule has 0 bridgehead atoms. The van der Waals surface area contributed by atoms with Gasteiger partial charge >= 0.3 is 5.97 Å². The standard InChI is InChI=1S/C29H27NO6/c31-16-17-5-6-19-14-21(9-7-18(19)13-17)30-27(20-8-10-24-25(15-20)36-12-11-35-24)26(29(33)34)22-3-1-2-4-23(22)28(30)32/h1-4,7-10,14-15,17,26-27,31H,5-6,11-13,16H2,(H,33,34)/t17?,26-,27+/m0/s1. The van der Waals surface area contributed by atoms with Crippen LogP contribution >= 0.6 is 0 Å². The number of aryl methyl sites for hydroxylation is 1. The average molecular weight is 486 g/mol. The number of amides is 1. The average Bonchev–Trinajstić information content (AvgIpc) is 2.92. The maximum Gasteiger partial charge on any atom is 0.313 e. The molecule has 2 N–H and O–H groups in total. The molecular weight excluding hydrogens is 458 g/mol. The minimum absolute atomic E-state index is 0.162. The summed E-state index contributed by atoms with van der Waals surface area (Å²) in [5.74, 6) is -0.784. The number of rotatable bonds is 4. The Bertz CT molecular complexity index is 1350. The number of ether oxygens (including phenoxy) is 2. The van der Waals surface area contributed by atoms with Crippen molar-refractivity contribution >= 4 is 17.6 Å². The van der Waals surface area contributed by atoms with Crippen molar-refractivity contribution < 1.29 is 29.3 Å². The molecule has 184 valence electrons. The smallest absolute Gasteiger partial charge is 0.313 e. The van der Waals surface area contributed by atoms with Gasteiger partial charge in [-0.15, -0.1) is 0 Å². The second-order valence-corrected chi connectivity index (χ2v) is 9.67. The Morgan fingerprint density at radius 1 is 0.972 bits per heavy atom. The number of aliphatic hydroxyl groups excluding tert-OH is 1. The molecule has 7 heteroatoms. The summed E-state index contributed by atoms with van der Waals surface area (Å²) in [4.78, 5) is 28.4. The third-order valence-electron chi connectivity index (χ3n) is 7.57. The Morgan fingerprint density at radius 3 is 2.58 bits per heavy atom. The quantitative estimate of drug-likeness (QED) is 0.577. The molecule has 3 atom stereocenters. The lowest BCUT2D eigenvalue weighted by atomic mass is 9.79. The van der Waals surface area contributed by atoms with E-state index in [2.05, 4.69) is 0 Å². The van der Waals surface area contributed by atoms with Gasteiger partial charge in [0.2, 0.25) is 0 Å². The maximum absolute atomic E-state index is 14.0. The summed E-state index contributed by atoms with van der Waals surface area (Å²) in [6.45, 7) is 1.03. The molecule has 6 rings (SSSR count). The van der Waals surface area contributed by atoms with Crippen LogP contribution in [0.5, 0.6) is 11.5 Å². The summed E-state index contributed by atoms with van der Waals surface area (Å²) in [5.41, 5.74) is 4.55. The molecule has 2 heterocycles. The van der Waals surface area contributed by atoms with Crippen molar-refractivity contribution in [2.24, 2.45) is 5.92 Å². The van der Waals surface area contributed by atoms with Gasteiger partial charge in [-0.1, -0.05) is 30.3 Å². The zero-order valence-corrected chi connectivity index (χ0v) is 19.7. The lowest BCUT2D eigenvalue weighted by molar-refractivity contribution is -0.139. The summed E-state index contributed by atoms with van der Waals surface area (Å²) in [6, 6.07) is 17.5. The first-order chi connectivity index (χ1) is 17.5. The summed E-state index contributed by atoms with van der Waals surface area (Å²) in [6.07, 6.45) is 2.49. The first-order valence-electron chi connectivity index (χ1n) is 12.3. The Kier molecular flexibility index (Phi) is 5.64. The number of fused-ring (bicyclic) bond motifs is 3. The van der Waals surface area contributed by atoms with Gasteiger partial charge in [-0.25, -0.2) is 0 Å². The van der Waals surface area contributed by atoms with Crippen molar-refractivity contribution in [1.82, 2.24) is 0 Å². The largest absolute Gasteiger partial charge is 0.486 e. The number of carboxylic acids is 1. The first kappa shape index (κ1) is 22.6. The van der Waals surface area contributed by atoms with Crippen LogP contribution in [0, 0.1) is 5.92 Å². The van der Waals surface area contributed by atoms with Crippen LogP contribution in [0.4, 0.5) is 5.69 Å². The molecule has 36 heavy (non-hydrogen) atoms. The van der Waals surface area contributed by atoms with Crippen LogP contribution in [0.25, 0.3) is 0 Å². The second kappa shape index (κ2) is 8.99. The number of anilines is 1. The molecule has 0 aromatic heterocycles. The number of benzene rings is 3. The van der Waals surface area contributed by atoms with E-state index in [1.54, 1.807) is 41.3 Å². The van der Waals surface area contributed by atoms with Gasteiger partial charge in [0.15, 0.2) is 11.5 Å². The van der Waals surface area contributed by atoms with Crippen molar-refractivity contribution in [3.8, 4) is 11.5 Å². The van der Waals surface area contributed by atoms with E-state index in [9.17, 15) is 19.8 Å². The van der Waals surface area contributed by atoms with Crippen LogP contribution in [-0.4, -0.2) is 41.9 Å². The van der Waals surface area contributed by atoms with E-state index in [0.29, 0.717) is 47.1 Å². The molecule has 3 aromatic carbocycles. The second-order valence-electron chi connectivity index (χ2n) is 9.67. The predicted molar refractivity (Wildman–Crippen MR) is 133 cm³/mol. The fourth-order valence-electron chi connectivity index (χ4n) is 5.79. The highest BCUT2D eigenvalue weighted by molar-refractivity contribution is 6.11. The molecule has 7 nitrogen and oxygen atoms in total. The molecule has 0 fully saturated rings. The zero-order chi connectivity index (χ0) is 24.8. The number of carbonyl (C=O) groups is 2. The first-order valence-corrected chi connectivity index (χ1v) is 12.3. The van der Waals surface area contributed by atoms with Gasteiger partial charge in [-0.05, 0) is 77.8 Å².